The van der Waals surface area contributed by atoms with Gasteiger partial charge in [0.05, 0.1) is 13.7 Å². The molecule has 0 unspecified atom stereocenters. The molecule has 0 atom stereocenters. The van der Waals surface area contributed by atoms with Crippen molar-refractivity contribution in [1.29, 1.82) is 0 Å². The maximum atomic E-state index is 13.6. The van der Waals surface area contributed by atoms with Gasteiger partial charge in [-0.05, 0) is 23.8 Å². The quantitative estimate of drug-likeness (QED) is 0.885. The second kappa shape index (κ2) is 4.93. The maximum absolute atomic E-state index is 13.6. The first kappa shape index (κ1) is 11.5. The van der Waals surface area contributed by atoms with E-state index in [2.05, 4.69) is 4.98 Å². The van der Waals surface area contributed by atoms with Crippen LogP contribution in [-0.2, 0) is 6.61 Å². The minimum Gasteiger partial charge on any atom is -0.481 e. The van der Waals surface area contributed by atoms with E-state index in [4.69, 9.17) is 9.84 Å². The van der Waals surface area contributed by atoms with Gasteiger partial charge in [0, 0.05) is 23.4 Å². The number of methoxy groups -OCH3 is 1. The molecule has 1 aromatic carbocycles. The van der Waals surface area contributed by atoms with Gasteiger partial charge in [0.15, 0.2) is 0 Å². The Balaban J connectivity index is 2.43. The molecule has 0 spiro atoms. The average molecular weight is 233 g/mol. The van der Waals surface area contributed by atoms with Gasteiger partial charge >= 0.3 is 0 Å². The SMILES string of the molecule is COc1ccc(-c2cc(CO)ccc2F)cn1. The molecular weight excluding hydrogens is 221 g/mol. The van der Waals surface area contributed by atoms with Crippen molar-refractivity contribution in [2.75, 3.05) is 7.11 Å². The first-order valence-electron chi connectivity index (χ1n) is 5.14. The van der Waals surface area contributed by atoms with E-state index in [1.165, 1.54) is 13.2 Å². The number of hydrogen-bond donors (Lipinski definition) is 1. The molecule has 0 saturated carbocycles. The lowest BCUT2D eigenvalue weighted by Crippen LogP contribution is -1.91. The number of rotatable bonds is 3. The summed E-state index contributed by atoms with van der Waals surface area (Å²) in [6, 6.07) is 7.89. The smallest absolute Gasteiger partial charge is 0.212 e. The number of aromatic nitrogens is 1. The van der Waals surface area contributed by atoms with Crippen LogP contribution in [0.5, 0.6) is 5.88 Å². The highest BCUT2D eigenvalue weighted by Crippen LogP contribution is 2.24. The molecule has 0 aliphatic heterocycles. The van der Waals surface area contributed by atoms with Crippen molar-refractivity contribution in [2.24, 2.45) is 0 Å². The van der Waals surface area contributed by atoms with E-state index in [0.717, 1.165) is 0 Å². The molecule has 1 heterocycles. The van der Waals surface area contributed by atoms with Crippen LogP contribution in [0.1, 0.15) is 5.56 Å². The Morgan fingerprint density at radius 1 is 1.29 bits per heavy atom. The molecule has 0 saturated heterocycles. The lowest BCUT2D eigenvalue weighted by molar-refractivity contribution is 0.282. The Hall–Kier alpha value is -1.94. The van der Waals surface area contributed by atoms with Crippen LogP contribution in [0.15, 0.2) is 36.5 Å². The highest BCUT2D eigenvalue weighted by molar-refractivity contribution is 5.64. The third-order valence-corrected chi connectivity index (χ3v) is 2.47. The van der Waals surface area contributed by atoms with E-state index in [1.807, 2.05) is 0 Å². The number of aliphatic hydroxyl groups is 1. The highest BCUT2D eigenvalue weighted by Gasteiger charge is 2.06. The predicted octanol–water partition coefficient (Wildman–Crippen LogP) is 2.39. The van der Waals surface area contributed by atoms with Crippen molar-refractivity contribution in [1.82, 2.24) is 4.98 Å². The van der Waals surface area contributed by atoms with Crippen molar-refractivity contribution in [3.05, 3.63) is 47.9 Å². The Bertz CT molecular complexity index is 511. The van der Waals surface area contributed by atoms with E-state index in [-0.39, 0.29) is 12.4 Å². The average Bonchev–Trinajstić information content (AvgIpc) is 2.39. The molecule has 2 rings (SSSR count). The fourth-order valence-electron chi connectivity index (χ4n) is 1.55. The number of hydrogen-bond acceptors (Lipinski definition) is 3. The molecule has 0 fully saturated rings. The summed E-state index contributed by atoms with van der Waals surface area (Å²) >= 11 is 0. The minimum absolute atomic E-state index is 0.114. The predicted molar refractivity (Wildman–Crippen MR) is 62.1 cm³/mol. The number of aliphatic hydroxyl groups excluding tert-OH is 1. The van der Waals surface area contributed by atoms with E-state index in [0.29, 0.717) is 22.6 Å². The molecule has 0 radical (unpaired) electrons. The van der Waals surface area contributed by atoms with Crippen LogP contribution >= 0.6 is 0 Å². The van der Waals surface area contributed by atoms with Crippen LogP contribution in [0.4, 0.5) is 4.39 Å². The summed E-state index contributed by atoms with van der Waals surface area (Å²) in [7, 11) is 1.52. The van der Waals surface area contributed by atoms with Crippen molar-refractivity contribution >= 4 is 0 Å². The highest BCUT2D eigenvalue weighted by atomic mass is 19.1. The Morgan fingerprint density at radius 3 is 2.71 bits per heavy atom. The molecule has 88 valence electrons. The summed E-state index contributed by atoms with van der Waals surface area (Å²) in [5.41, 5.74) is 1.74. The standard InChI is InChI=1S/C13H12FNO2/c1-17-13-5-3-10(7-15-13)11-6-9(8-16)2-4-12(11)14/h2-7,16H,8H2,1H3. The van der Waals surface area contributed by atoms with Crippen molar-refractivity contribution in [2.45, 2.75) is 6.61 Å². The Labute approximate surface area is 98.5 Å². The topological polar surface area (TPSA) is 42.4 Å². The summed E-state index contributed by atoms with van der Waals surface area (Å²) < 4.78 is 18.6. The first-order valence-corrected chi connectivity index (χ1v) is 5.14. The molecular formula is C13H12FNO2. The van der Waals surface area contributed by atoms with Crippen LogP contribution in [-0.4, -0.2) is 17.2 Å². The van der Waals surface area contributed by atoms with Crippen LogP contribution < -0.4 is 4.74 Å². The molecule has 2 aromatic rings. The van der Waals surface area contributed by atoms with E-state index >= 15 is 0 Å². The number of halogens is 1. The summed E-state index contributed by atoms with van der Waals surface area (Å²) in [4.78, 5) is 4.02. The summed E-state index contributed by atoms with van der Waals surface area (Å²) in [6.07, 6.45) is 1.54. The number of ether oxygens (including phenoxy) is 1. The summed E-state index contributed by atoms with van der Waals surface area (Å²) in [5, 5.41) is 9.02. The Kier molecular flexibility index (Phi) is 3.35. The fraction of sp³-hybridized carbons (Fsp3) is 0.154. The molecule has 0 aliphatic rings. The normalized spacial score (nSPS) is 10.3. The van der Waals surface area contributed by atoms with Crippen molar-refractivity contribution in [3.8, 4) is 17.0 Å². The molecule has 1 aromatic heterocycles. The largest absolute Gasteiger partial charge is 0.481 e. The van der Waals surface area contributed by atoms with Gasteiger partial charge in [-0.15, -0.1) is 0 Å². The van der Waals surface area contributed by atoms with Gasteiger partial charge in [-0.1, -0.05) is 6.07 Å². The van der Waals surface area contributed by atoms with Gasteiger partial charge in [-0.2, -0.15) is 0 Å². The van der Waals surface area contributed by atoms with Gasteiger partial charge in [0.1, 0.15) is 5.82 Å². The van der Waals surface area contributed by atoms with E-state index in [9.17, 15) is 4.39 Å². The third kappa shape index (κ3) is 2.42. The molecule has 17 heavy (non-hydrogen) atoms. The van der Waals surface area contributed by atoms with Crippen LogP contribution in [0, 0.1) is 5.82 Å². The minimum atomic E-state index is -0.339. The molecule has 0 aliphatic carbocycles. The van der Waals surface area contributed by atoms with Gasteiger partial charge in [0.25, 0.3) is 0 Å². The summed E-state index contributed by atoms with van der Waals surface area (Å²) in [6.45, 7) is -0.114. The van der Waals surface area contributed by atoms with Gasteiger partial charge in [-0.25, -0.2) is 9.37 Å². The number of pyridine rings is 1. The van der Waals surface area contributed by atoms with Crippen molar-refractivity contribution < 1.29 is 14.2 Å². The lowest BCUT2D eigenvalue weighted by Gasteiger charge is -2.06. The zero-order chi connectivity index (χ0) is 12.3. The second-order valence-corrected chi connectivity index (χ2v) is 3.56. The summed E-state index contributed by atoms with van der Waals surface area (Å²) in [5.74, 6) is 0.140. The monoisotopic (exact) mass is 233 g/mol. The molecule has 0 amide bonds. The molecule has 0 bridgehead atoms. The van der Waals surface area contributed by atoms with Gasteiger partial charge in [0.2, 0.25) is 5.88 Å². The number of nitrogens with zero attached hydrogens (tertiary/aromatic N) is 1. The van der Waals surface area contributed by atoms with Crippen LogP contribution in [0.2, 0.25) is 0 Å². The second-order valence-electron chi connectivity index (χ2n) is 3.56. The first-order chi connectivity index (χ1) is 8.24. The van der Waals surface area contributed by atoms with E-state index in [1.54, 1.807) is 30.5 Å². The Morgan fingerprint density at radius 2 is 2.12 bits per heavy atom. The zero-order valence-electron chi connectivity index (χ0n) is 9.35. The lowest BCUT2D eigenvalue weighted by atomic mass is 10.0. The maximum Gasteiger partial charge on any atom is 0.212 e. The van der Waals surface area contributed by atoms with E-state index < -0.39 is 0 Å². The fourth-order valence-corrected chi connectivity index (χ4v) is 1.55. The molecule has 4 heteroatoms. The zero-order valence-corrected chi connectivity index (χ0v) is 9.35. The van der Waals surface area contributed by atoms with Gasteiger partial charge < -0.3 is 9.84 Å². The van der Waals surface area contributed by atoms with Crippen LogP contribution in [0.25, 0.3) is 11.1 Å². The molecule has 1 N–H and O–H groups in total. The van der Waals surface area contributed by atoms with Crippen LogP contribution in [0.3, 0.4) is 0 Å². The molecule has 3 nitrogen and oxygen atoms in total. The van der Waals surface area contributed by atoms with Gasteiger partial charge in [-0.3, -0.25) is 0 Å². The number of benzene rings is 1. The van der Waals surface area contributed by atoms with Crippen molar-refractivity contribution in [3.63, 3.8) is 0 Å². The third-order valence-electron chi connectivity index (χ3n) is 2.47.